The van der Waals surface area contributed by atoms with Crippen LogP contribution in [0.1, 0.15) is 13.3 Å². The van der Waals surface area contributed by atoms with Crippen LogP contribution in [-0.4, -0.2) is 36.9 Å². The van der Waals surface area contributed by atoms with Crippen molar-refractivity contribution in [2.24, 2.45) is 4.99 Å². The summed E-state index contributed by atoms with van der Waals surface area (Å²) >= 11 is 0. The molecule has 0 atom stereocenters. The van der Waals surface area contributed by atoms with Gasteiger partial charge in [-0.3, -0.25) is 9.89 Å². The zero-order chi connectivity index (χ0) is 8.39. The largest absolute Gasteiger partial charge is 0.370 e. The van der Waals surface area contributed by atoms with Gasteiger partial charge in [0.25, 0.3) is 0 Å². The van der Waals surface area contributed by atoms with Crippen LogP contribution in [0.15, 0.2) is 16.8 Å². The Morgan fingerprint density at radius 3 is 3.00 bits per heavy atom. The first-order valence-electron chi connectivity index (χ1n) is 4.52. The fourth-order valence-corrected chi connectivity index (χ4v) is 1.48. The molecule has 0 aliphatic carbocycles. The highest BCUT2D eigenvalue weighted by Gasteiger charge is 2.15. The predicted octanol–water partition coefficient (Wildman–Crippen LogP) is 0.598. The Kier molecular flexibility index (Phi) is 2.13. The van der Waals surface area contributed by atoms with Crippen molar-refractivity contribution < 1.29 is 0 Å². The molecule has 1 fully saturated rings. The van der Waals surface area contributed by atoms with E-state index >= 15 is 0 Å². The van der Waals surface area contributed by atoms with Crippen LogP contribution in [0.3, 0.4) is 0 Å². The molecule has 0 aromatic heterocycles. The molecule has 0 aromatic rings. The van der Waals surface area contributed by atoms with Gasteiger partial charge in [0.2, 0.25) is 0 Å². The van der Waals surface area contributed by atoms with Crippen LogP contribution in [-0.2, 0) is 0 Å². The fraction of sp³-hybridized carbons (Fsp3) is 0.667. The van der Waals surface area contributed by atoms with Gasteiger partial charge in [0.05, 0.1) is 5.71 Å². The molecular weight excluding hydrogens is 150 g/mol. The quantitative estimate of drug-likeness (QED) is 0.648. The van der Waals surface area contributed by atoms with E-state index in [1.54, 1.807) is 0 Å². The monoisotopic (exact) mass is 165 g/mol. The van der Waals surface area contributed by atoms with Crippen molar-refractivity contribution in [3.8, 4) is 0 Å². The molecule has 1 saturated heterocycles. The molecule has 2 rings (SSSR count). The summed E-state index contributed by atoms with van der Waals surface area (Å²) in [6.07, 6.45) is 3.50. The van der Waals surface area contributed by atoms with Gasteiger partial charge in [-0.1, -0.05) is 0 Å². The number of likely N-dealkylation sites (tertiary alicyclic amines) is 1. The first-order valence-corrected chi connectivity index (χ1v) is 4.52. The summed E-state index contributed by atoms with van der Waals surface area (Å²) in [6.45, 7) is 6.38. The van der Waals surface area contributed by atoms with E-state index in [4.69, 9.17) is 0 Å². The van der Waals surface area contributed by atoms with E-state index in [2.05, 4.69) is 28.2 Å². The minimum Gasteiger partial charge on any atom is -0.370 e. The van der Waals surface area contributed by atoms with Gasteiger partial charge >= 0.3 is 0 Å². The summed E-state index contributed by atoms with van der Waals surface area (Å²) < 4.78 is 0. The topological polar surface area (TPSA) is 27.6 Å². The number of nitrogens with one attached hydrogen (secondary N) is 1. The van der Waals surface area contributed by atoms with Crippen molar-refractivity contribution in [3.05, 3.63) is 11.8 Å². The third-order valence-corrected chi connectivity index (χ3v) is 2.36. The molecule has 0 spiro atoms. The Bertz CT molecular complexity index is 226. The van der Waals surface area contributed by atoms with Gasteiger partial charge < -0.3 is 5.32 Å². The SMILES string of the molecule is CC1=CC(CN2CCC2)=NCN1. The van der Waals surface area contributed by atoms with Crippen LogP contribution >= 0.6 is 0 Å². The van der Waals surface area contributed by atoms with Gasteiger partial charge in [-0.25, -0.2) is 0 Å². The van der Waals surface area contributed by atoms with E-state index in [9.17, 15) is 0 Å². The standard InChI is InChI=1S/C9H15N3/c1-8-5-9(11-7-10-8)6-12-3-2-4-12/h5,10H,2-4,6-7H2,1H3. The molecule has 0 radical (unpaired) electrons. The van der Waals surface area contributed by atoms with E-state index in [1.165, 1.54) is 30.9 Å². The number of hydrogen-bond donors (Lipinski definition) is 1. The highest BCUT2D eigenvalue weighted by molar-refractivity contribution is 5.97. The van der Waals surface area contributed by atoms with Gasteiger partial charge in [-0.05, 0) is 32.5 Å². The Morgan fingerprint density at radius 2 is 2.42 bits per heavy atom. The second-order valence-corrected chi connectivity index (χ2v) is 3.44. The van der Waals surface area contributed by atoms with Gasteiger partial charge in [0, 0.05) is 12.2 Å². The molecule has 2 aliphatic heterocycles. The second kappa shape index (κ2) is 3.27. The van der Waals surface area contributed by atoms with Crippen molar-refractivity contribution in [1.82, 2.24) is 10.2 Å². The van der Waals surface area contributed by atoms with Crippen molar-refractivity contribution in [2.45, 2.75) is 13.3 Å². The van der Waals surface area contributed by atoms with Crippen LogP contribution in [0.4, 0.5) is 0 Å². The predicted molar refractivity (Wildman–Crippen MR) is 50.3 cm³/mol. The molecule has 2 aliphatic rings. The molecule has 0 amide bonds. The average molecular weight is 165 g/mol. The Balaban J connectivity index is 1.90. The summed E-state index contributed by atoms with van der Waals surface area (Å²) in [4.78, 5) is 6.81. The summed E-state index contributed by atoms with van der Waals surface area (Å²) in [5, 5.41) is 3.18. The Labute approximate surface area is 73.2 Å². The van der Waals surface area contributed by atoms with Crippen molar-refractivity contribution in [1.29, 1.82) is 0 Å². The van der Waals surface area contributed by atoms with Gasteiger partial charge in [-0.15, -0.1) is 0 Å². The smallest absolute Gasteiger partial charge is 0.107 e. The third-order valence-electron chi connectivity index (χ3n) is 2.36. The van der Waals surface area contributed by atoms with E-state index in [0.717, 1.165) is 13.2 Å². The van der Waals surface area contributed by atoms with Crippen LogP contribution in [0, 0.1) is 0 Å². The normalized spacial score (nSPS) is 23.8. The molecule has 12 heavy (non-hydrogen) atoms. The number of hydrogen-bond acceptors (Lipinski definition) is 3. The molecule has 3 heteroatoms. The molecule has 0 aromatic carbocycles. The Hall–Kier alpha value is -0.830. The van der Waals surface area contributed by atoms with E-state index in [1.807, 2.05) is 0 Å². The molecule has 0 unspecified atom stereocenters. The van der Waals surface area contributed by atoms with Gasteiger partial charge in [0.1, 0.15) is 6.67 Å². The lowest BCUT2D eigenvalue weighted by Gasteiger charge is -2.31. The summed E-state index contributed by atoms with van der Waals surface area (Å²) in [6, 6.07) is 0. The molecule has 2 heterocycles. The molecule has 0 bridgehead atoms. The van der Waals surface area contributed by atoms with Gasteiger partial charge in [-0.2, -0.15) is 0 Å². The lowest BCUT2D eigenvalue weighted by molar-refractivity contribution is 0.210. The lowest BCUT2D eigenvalue weighted by Crippen LogP contribution is -2.41. The molecule has 1 N–H and O–H groups in total. The minimum absolute atomic E-state index is 0.755. The average Bonchev–Trinajstić information content (AvgIpc) is 1.97. The number of allylic oxidation sites excluding steroid dienone is 1. The molecular formula is C9H15N3. The van der Waals surface area contributed by atoms with Crippen LogP contribution in [0.5, 0.6) is 0 Å². The number of nitrogens with zero attached hydrogens (tertiary/aromatic N) is 2. The first-order chi connectivity index (χ1) is 5.84. The van der Waals surface area contributed by atoms with E-state index in [0.29, 0.717) is 0 Å². The summed E-state index contributed by atoms with van der Waals surface area (Å²) in [5.41, 5.74) is 2.46. The van der Waals surface area contributed by atoms with Crippen LogP contribution < -0.4 is 5.32 Å². The minimum atomic E-state index is 0.755. The van der Waals surface area contributed by atoms with Crippen molar-refractivity contribution in [2.75, 3.05) is 26.3 Å². The maximum absolute atomic E-state index is 4.39. The lowest BCUT2D eigenvalue weighted by atomic mass is 10.2. The molecule has 66 valence electrons. The van der Waals surface area contributed by atoms with Crippen molar-refractivity contribution >= 4 is 5.71 Å². The maximum Gasteiger partial charge on any atom is 0.107 e. The van der Waals surface area contributed by atoms with Crippen molar-refractivity contribution in [3.63, 3.8) is 0 Å². The van der Waals surface area contributed by atoms with Crippen LogP contribution in [0.2, 0.25) is 0 Å². The number of rotatable bonds is 2. The summed E-state index contributed by atoms with van der Waals surface area (Å²) in [7, 11) is 0. The van der Waals surface area contributed by atoms with E-state index < -0.39 is 0 Å². The van der Waals surface area contributed by atoms with E-state index in [-0.39, 0.29) is 0 Å². The maximum atomic E-state index is 4.39. The fourth-order valence-electron chi connectivity index (χ4n) is 1.48. The second-order valence-electron chi connectivity index (χ2n) is 3.44. The number of aliphatic imine (C=N–C) groups is 1. The molecule has 3 nitrogen and oxygen atoms in total. The molecule has 0 saturated carbocycles. The van der Waals surface area contributed by atoms with Crippen LogP contribution in [0.25, 0.3) is 0 Å². The zero-order valence-electron chi connectivity index (χ0n) is 7.51. The summed E-state index contributed by atoms with van der Waals surface area (Å²) in [5.74, 6) is 0. The third kappa shape index (κ3) is 1.67. The highest BCUT2D eigenvalue weighted by atomic mass is 15.2. The highest BCUT2D eigenvalue weighted by Crippen LogP contribution is 2.07. The van der Waals surface area contributed by atoms with Gasteiger partial charge in [0.15, 0.2) is 0 Å². The zero-order valence-corrected chi connectivity index (χ0v) is 7.51. The first kappa shape index (κ1) is 7.80. The Morgan fingerprint density at radius 1 is 1.58 bits per heavy atom.